The second-order valence-corrected chi connectivity index (χ2v) is 6.77. The molecule has 0 aliphatic carbocycles. The van der Waals surface area contributed by atoms with E-state index in [1.165, 1.54) is 10.6 Å². The Hall–Kier alpha value is -2.21. The number of nitrogens with zero attached hydrogens (tertiary/aromatic N) is 2. The first-order valence-electron chi connectivity index (χ1n) is 8.20. The van der Waals surface area contributed by atoms with Gasteiger partial charge in [0.25, 0.3) is 0 Å². The van der Waals surface area contributed by atoms with E-state index in [0.717, 1.165) is 38.3 Å². The molecule has 0 unspecified atom stereocenters. The number of carbonyl (C=O) groups excluding carboxylic acids is 1. The van der Waals surface area contributed by atoms with Crippen LogP contribution < -0.4 is 15.0 Å². The summed E-state index contributed by atoms with van der Waals surface area (Å²) in [5.41, 5.74) is 1.17. The van der Waals surface area contributed by atoms with Crippen LogP contribution in [0.2, 0.25) is 0 Å². The summed E-state index contributed by atoms with van der Waals surface area (Å²) >= 11 is 1.73. The predicted molar refractivity (Wildman–Crippen MR) is 98.2 cm³/mol. The highest BCUT2D eigenvalue weighted by molar-refractivity contribution is 7.09. The van der Waals surface area contributed by atoms with Gasteiger partial charge in [-0.2, -0.15) is 0 Å². The van der Waals surface area contributed by atoms with Gasteiger partial charge >= 0.3 is 6.03 Å². The number of anilines is 1. The number of benzene rings is 1. The van der Waals surface area contributed by atoms with Crippen molar-refractivity contribution < 1.29 is 9.53 Å². The topological polar surface area (TPSA) is 44.8 Å². The van der Waals surface area contributed by atoms with Crippen LogP contribution in [0.1, 0.15) is 4.88 Å². The van der Waals surface area contributed by atoms with Gasteiger partial charge in [0, 0.05) is 43.3 Å². The SMILES string of the molecule is COc1ccc(N2CCN(C(=O)NCCc3cccs3)CC2)cc1. The van der Waals surface area contributed by atoms with Crippen molar-refractivity contribution in [1.29, 1.82) is 0 Å². The van der Waals surface area contributed by atoms with Crippen LogP contribution in [-0.4, -0.2) is 50.8 Å². The summed E-state index contributed by atoms with van der Waals surface area (Å²) < 4.78 is 5.19. The zero-order valence-electron chi connectivity index (χ0n) is 13.9. The molecule has 5 nitrogen and oxygen atoms in total. The molecule has 0 saturated carbocycles. The van der Waals surface area contributed by atoms with Crippen LogP contribution in [0.3, 0.4) is 0 Å². The number of methoxy groups -OCH3 is 1. The van der Waals surface area contributed by atoms with E-state index in [9.17, 15) is 4.79 Å². The molecule has 0 spiro atoms. The molecule has 0 radical (unpaired) electrons. The maximum Gasteiger partial charge on any atom is 0.317 e. The Bertz CT molecular complexity index is 635. The lowest BCUT2D eigenvalue weighted by atomic mass is 10.2. The molecular formula is C18H23N3O2S. The van der Waals surface area contributed by atoms with Crippen LogP contribution in [0.4, 0.5) is 10.5 Å². The lowest BCUT2D eigenvalue weighted by Gasteiger charge is -2.36. The van der Waals surface area contributed by atoms with Gasteiger partial charge in [0.15, 0.2) is 0 Å². The molecule has 128 valence electrons. The van der Waals surface area contributed by atoms with E-state index >= 15 is 0 Å². The quantitative estimate of drug-likeness (QED) is 0.906. The van der Waals surface area contributed by atoms with Crippen molar-refractivity contribution in [3.8, 4) is 5.75 Å². The zero-order valence-corrected chi connectivity index (χ0v) is 14.7. The van der Waals surface area contributed by atoms with E-state index in [1.807, 2.05) is 23.1 Å². The van der Waals surface area contributed by atoms with Gasteiger partial charge in [-0.05, 0) is 42.1 Å². The smallest absolute Gasteiger partial charge is 0.317 e. The minimum Gasteiger partial charge on any atom is -0.497 e. The molecule has 2 aromatic rings. The highest BCUT2D eigenvalue weighted by Gasteiger charge is 2.20. The van der Waals surface area contributed by atoms with Gasteiger partial charge < -0.3 is 19.9 Å². The summed E-state index contributed by atoms with van der Waals surface area (Å²) in [5, 5.41) is 5.08. The Labute approximate surface area is 146 Å². The van der Waals surface area contributed by atoms with Crippen molar-refractivity contribution in [3.63, 3.8) is 0 Å². The van der Waals surface area contributed by atoms with Gasteiger partial charge in [0.1, 0.15) is 5.75 Å². The van der Waals surface area contributed by atoms with E-state index in [-0.39, 0.29) is 6.03 Å². The number of amides is 2. The molecule has 1 fully saturated rings. The first kappa shape index (κ1) is 16.6. The molecule has 24 heavy (non-hydrogen) atoms. The van der Waals surface area contributed by atoms with Crippen molar-refractivity contribution in [2.24, 2.45) is 0 Å². The highest BCUT2D eigenvalue weighted by atomic mass is 32.1. The summed E-state index contributed by atoms with van der Waals surface area (Å²) in [4.78, 5) is 17.7. The Morgan fingerprint density at radius 3 is 2.54 bits per heavy atom. The molecule has 0 bridgehead atoms. The number of hydrogen-bond donors (Lipinski definition) is 1. The van der Waals surface area contributed by atoms with Gasteiger partial charge in [0.2, 0.25) is 0 Å². The van der Waals surface area contributed by atoms with Crippen LogP contribution >= 0.6 is 11.3 Å². The summed E-state index contributed by atoms with van der Waals surface area (Å²) in [7, 11) is 1.67. The Balaban J connectivity index is 1.43. The summed E-state index contributed by atoms with van der Waals surface area (Å²) in [5.74, 6) is 0.863. The fourth-order valence-electron chi connectivity index (χ4n) is 2.82. The molecule has 6 heteroatoms. The van der Waals surface area contributed by atoms with E-state index in [2.05, 4.69) is 33.8 Å². The second kappa shape index (κ2) is 8.06. The van der Waals surface area contributed by atoms with Gasteiger partial charge in [0.05, 0.1) is 7.11 Å². The molecule has 1 aromatic carbocycles. The number of piperazine rings is 1. The zero-order chi connectivity index (χ0) is 16.8. The second-order valence-electron chi connectivity index (χ2n) is 5.73. The van der Waals surface area contributed by atoms with Crippen molar-refractivity contribution in [2.45, 2.75) is 6.42 Å². The molecule has 1 aliphatic rings. The molecule has 1 N–H and O–H groups in total. The fraction of sp³-hybridized carbons (Fsp3) is 0.389. The van der Waals surface area contributed by atoms with Crippen LogP contribution in [0.25, 0.3) is 0 Å². The van der Waals surface area contributed by atoms with Crippen molar-refractivity contribution in [1.82, 2.24) is 10.2 Å². The van der Waals surface area contributed by atoms with E-state index in [1.54, 1.807) is 18.4 Å². The number of carbonyl (C=O) groups is 1. The van der Waals surface area contributed by atoms with Gasteiger partial charge in [-0.3, -0.25) is 0 Å². The molecule has 1 saturated heterocycles. The molecule has 2 amide bonds. The number of ether oxygens (including phenoxy) is 1. The standard InChI is InChI=1S/C18H23N3O2S/c1-23-16-6-4-15(5-7-16)20-10-12-21(13-11-20)18(22)19-9-8-17-3-2-14-24-17/h2-7,14H,8-13H2,1H3,(H,19,22). The summed E-state index contributed by atoms with van der Waals surface area (Å²) in [6.07, 6.45) is 0.898. The summed E-state index contributed by atoms with van der Waals surface area (Å²) in [6, 6.07) is 12.3. The molecule has 1 aliphatic heterocycles. The van der Waals surface area contributed by atoms with Crippen molar-refractivity contribution >= 4 is 23.1 Å². The van der Waals surface area contributed by atoms with Crippen molar-refractivity contribution in [3.05, 3.63) is 46.7 Å². The third-order valence-corrected chi connectivity index (χ3v) is 5.17. The first-order chi connectivity index (χ1) is 11.8. The minimum atomic E-state index is 0.0425. The molecule has 0 atom stereocenters. The fourth-order valence-corrected chi connectivity index (χ4v) is 3.53. The van der Waals surface area contributed by atoms with Crippen molar-refractivity contribution in [2.75, 3.05) is 44.7 Å². The predicted octanol–water partition coefficient (Wildman–Crippen LogP) is 2.83. The van der Waals surface area contributed by atoms with Gasteiger partial charge in [-0.25, -0.2) is 4.79 Å². The average molecular weight is 345 g/mol. The molecule has 3 rings (SSSR count). The van der Waals surface area contributed by atoms with Crippen LogP contribution in [0.15, 0.2) is 41.8 Å². The van der Waals surface area contributed by atoms with E-state index < -0.39 is 0 Å². The number of nitrogens with one attached hydrogen (secondary N) is 1. The largest absolute Gasteiger partial charge is 0.497 e. The van der Waals surface area contributed by atoms with Gasteiger partial charge in [-0.15, -0.1) is 11.3 Å². The summed E-state index contributed by atoms with van der Waals surface area (Å²) in [6.45, 7) is 3.89. The minimum absolute atomic E-state index is 0.0425. The lowest BCUT2D eigenvalue weighted by molar-refractivity contribution is 0.194. The maximum absolute atomic E-state index is 12.2. The third-order valence-electron chi connectivity index (χ3n) is 4.23. The van der Waals surface area contributed by atoms with E-state index in [4.69, 9.17) is 4.74 Å². The normalized spacial score (nSPS) is 14.5. The number of thiophene rings is 1. The van der Waals surface area contributed by atoms with Crippen LogP contribution in [0, 0.1) is 0 Å². The van der Waals surface area contributed by atoms with Crippen LogP contribution in [0.5, 0.6) is 5.75 Å². The third kappa shape index (κ3) is 4.20. The Morgan fingerprint density at radius 2 is 1.92 bits per heavy atom. The molecule has 1 aromatic heterocycles. The van der Waals surface area contributed by atoms with Gasteiger partial charge in [-0.1, -0.05) is 6.07 Å². The van der Waals surface area contributed by atoms with E-state index in [0.29, 0.717) is 6.54 Å². The number of rotatable bonds is 5. The maximum atomic E-state index is 12.2. The lowest BCUT2D eigenvalue weighted by Crippen LogP contribution is -2.52. The molecular weight excluding hydrogens is 322 g/mol. The Morgan fingerprint density at radius 1 is 1.17 bits per heavy atom. The monoisotopic (exact) mass is 345 g/mol. The highest BCUT2D eigenvalue weighted by Crippen LogP contribution is 2.20. The first-order valence-corrected chi connectivity index (χ1v) is 9.08. The molecule has 2 heterocycles. The Kier molecular flexibility index (Phi) is 5.59. The average Bonchev–Trinajstić information content (AvgIpc) is 3.15. The number of hydrogen-bond acceptors (Lipinski definition) is 4. The number of urea groups is 1. The van der Waals surface area contributed by atoms with Crippen LogP contribution in [-0.2, 0) is 6.42 Å².